The molecule has 68 heavy (non-hydrogen) atoms. The van der Waals surface area contributed by atoms with Gasteiger partial charge in [-0.3, -0.25) is 4.79 Å². The van der Waals surface area contributed by atoms with Crippen LogP contribution in [0.25, 0.3) is 0 Å². The molecule has 0 saturated carbocycles. The summed E-state index contributed by atoms with van der Waals surface area (Å²) in [5, 5.41) is 44.2. The summed E-state index contributed by atoms with van der Waals surface area (Å²) < 4.78 is 0. The fourth-order valence-corrected chi connectivity index (χ4v) is 10.4. The second-order valence-corrected chi connectivity index (χ2v) is 22.1. The lowest BCUT2D eigenvalue weighted by Gasteiger charge is -2.27. The van der Waals surface area contributed by atoms with Crippen molar-refractivity contribution in [1.82, 2.24) is 5.32 Å². The van der Waals surface area contributed by atoms with Gasteiger partial charge >= 0.3 is 0 Å². The summed E-state index contributed by atoms with van der Waals surface area (Å²) in [6, 6.07) is -0.981. The number of carbonyl (C=O) groups excluding carboxylic acids is 1. The Hall–Kier alpha value is -0.690. The molecule has 4 atom stereocenters. The van der Waals surface area contributed by atoms with Gasteiger partial charge in [-0.1, -0.05) is 348 Å². The van der Waals surface area contributed by atoms with Crippen molar-refractivity contribution in [3.05, 3.63) is 0 Å². The standard InChI is InChI=1S/C62H125NO5/c1-3-5-7-9-11-13-15-17-19-21-23-25-27-29-30-31-32-34-35-37-39-41-43-45-47-49-51-53-55-59(65)61(67)58(57-64)63-62(68)60(66)56-54-52-50-48-46-44-42-40-38-36-33-28-26-24-22-20-18-16-14-12-10-8-6-4-2/h58-61,64-67H,3-57H2,1-2H3,(H,63,68). The average molecular weight is 965 g/mol. The van der Waals surface area contributed by atoms with Crippen LogP contribution in [0.5, 0.6) is 0 Å². The molecule has 0 aliphatic rings. The molecule has 0 aromatic carbocycles. The quantitative estimate of drug-likeness (QED) is 0.0390. The monoisotopic (exact) mass is 964 g/mol. The van der Waals surface area contributed by atoms with Crippen molar-refractivity contribution in [3.63, 3.8) is 0 Å². The van der Waals surface area contributed by atoms with Crippen molar-refractivity contribution in [2.75, 3.05) is 6.61 Å². The van der Waals surface area contributed by atoms with E-state index in [0.29, 0.717) is 12.8 Å². The van der Waals surface area contributed by atoms with Gasteiger partial charge < -0.3 is 25.7 Å². The summed E-state index contributed by atoms with van der Waals surface area (Å²) in [5.74, 6) is -0.574. The van der Waals surface area contributed by atoms with Crippen molar-refractivity contribution in [2.45, 2.75) is 385 Å². The third-order valence-electron chi connectivity index (χ3n) is 15.3. The van der Waals surface area contributed by atoms with Crippen LogP contribution in [0.1, 0.15) is 361 Å². The fourth-order valence-electron chi connectivity index (χ4n) is 10.4. The zero-order chi connectivity index (χ0) is 49.5. The molecule has 0 radical (unpaired) electrons. The summed E-state index contributed by atoms with van der Waals surface area (Å²) in [7, 11) is 0. The topological polar surface area (TPSA) is 110 Å². The second kappa shape index (κ2) is 57.2. The van der Waals surface area contributed by atoms with Gasteiger partial charge in [0, 0.05) is 0 Å². The van der Waals surface area contributed by atoms with Gasteiger partial charge in [-0.15, -0.1) is 0 Å². The number of aliphatic hydroxyl groups excluding tert-OH is 4. The van der Waals surface area contributed by atoms with Gasteiger partial charge in [0.15, 0.2) is 0 Å². The van der Waals surface area contributed by atoms with Crippen LogP contribution in [-0.4, -0.2) is 57.3 Å². The van der Waals surface area contributed by atoms with E-state index >= 15 is 0 Å². The van der Waals surface area contributed by atoms with Crippen molar-refractivity contribution in [3.8, 4) is 0 Å². The van der Waals surface area contributed by atoms with Gasteiger partial charge in [0.2, 0.25) is 5.91 Å². The highest BCUT2D eigenvalue weighted by Crippen LogP contribution is 2.19. The van der Waals surface area contributed by atoms with Crippen LogP contribution in [0.3, 0.4) is 0 Å². The molecule has 5 N–H and O–H groups in total. The van der Waals surface area contributed by atoms with Gasteiger partial charge in [-0.25, -0.2) is 0 Å². The molecule has 0 rings (SSSR count). The molecule has 0 aliphatic carbocycles. The lowest BCUT2D eigenvalue weighted by molar-refractivity contribution is -0.132. The Bertz CT molecular complexity index is 948. The van der Waals surface area contributed by atoms with Gasteiger partial charge in [0.1, 0.15) is 12.2 Å². The van der Waals surface area contributed by atoms with E-state index in [-0.39, 0.29) is 0 Å². The van der Waals surface area contributed by atoms with Gasteiger partial charge in [0.25, 0.3) is 0 Å². The molecule has 0 bridgehead atoms. The highest BCUT2D eigenvalue weighted by atomic mass is 16.3. The maximum absolute atomic E-state index is 12.6. The molecule has 0 saturated heterocycles. The van der Waals surface area contributed by atoms with E-state index in [9.17, 15) is 25.2 Å². The van der Waals surface area contributed by atoms with Gasteiger partial charge in [0.05, 0.1) is 18.8 Å². The highest BCUT2D eigenvalue weighted by molar-refractivity contribution is 5.80. The van der Waals surface area contributed by atoms with E-state index in [0.717, 1.165) is 38.5 Å². The minimum atomic E-state index is -1.26. The number of amides is 1. The number of aliphatic hydroxyl groups is 4. The van der Waals surface area contributed by atoms with E-state index in [1.54, 1.807) is 0 Å². The normalized spacial score (nSPS) is 13.6. The third kappa shape index (κ3) is 50.3. The van der Waals surface area contributed by atoms with Crippen LogP contribution >= 0.6 is 0 Å². The minimum absolute atomic E-state index is 0.377. The predicted molar refractivity (Wildman–Crippen MR) is 298 cm³/mol. The van der Waals surface area contributed by atoms with E-state index in [4.69, 9.17) is 0 Å². The first-order valence-electron chi connectivity index (χ1n) is 31.4. The Morgan fingerprint density at radius 1 is 0.309 bits per heavy atom. The molecule has 0 aromatic heterocycles. The van der Waals surface area contributed by atoms with Crippen LogP contribution in [0.15, 0.2) is 0 Å². The zero-order valence-electron chi connectivity index (χ0n) is 46.4. The highest BCUT2D eigenvalue weighted by Gasteiger charge is 2.28. The third-order valence-corrected chi connectivity index (χ3v) is 15.3. The number of unbranched alkanes of at least 4 members (excludes halogenated alkanes) is 50. The molecular weight excluding hydrogens is 839 g/mol. The summed E-state index contributed by atoms with van der Waals surface area (Å²) in [5.41, 5.74) is 0. The van der Waals surface area contributed by atoms with Crippen LogP contribution in [-0.2, 0) is 4.79 Å². The fraction of sp³-hybridized carbons (Fsp3) is 0.984. The van der Waals surface area contributed by atoms with E-state index in [1.807, 2.05) is 0 Å². The lowest BCUT2D eigenvalue weighted by atomic mass is 9.99. The van der Waals surface area contributed by atoms with E-state index in [1.165, 1.54) is 295 Å². The largest absolute Gasteiger partial charge is 0.394 e. The van der Waals surface area contributed by atoms with Crippen molar-refractivity contribution >= 4 is 5.91 Å². The number of rotatable bonds is 59. The Kier molecular flexibility index (Phi) is 56.6. The zero-order valence-corrected chi connectivity index (χ0v) is 46.4. The molecule has 4 unspecified atom stereocenters. The summed E-state index contributed by atoms with van der Waals surface area (Å²) in [6.45, 7) is 4.11. The SMILES string of the molecule is CCCCCCCCCCCCCCCCCCCCCCCCCCCCCCC(O)C(O)C(CO)NC(=O)C(O)CCCCCCCCCCCCCCCCCCCCCCCCCC. The Balaban J connectivity index is 3.54. The van der Waals surface area contributed by atoms with E-state index in [2.05, 4.69) is 19.2 Å². The smallest absolute Gasteiger partial charge is 0.249 e. The first-order chi connectivity index (χ1) is 33.5. The molecule has 408 valence electrons. The molecule has 0 fully saturated rings. The van der Waals surface area contributed by atoms with Crippen molar-refractivity contribution in [2.24, 2.45) is 0 Å². The minimum Gasteiger partial charge on any atom is -0.394 e. The first kappa shape index (κ1) is 67.3. The molecule has 1 amide bonds. The lowest BCUT2D eigenvalue weighted by Crippen LogP contribution is -2.53. The maximum Gasteiger partial charge on any atom is 0.249 e. The van der Waals surface area contributed by atoms with Crippen LogP contribution in [0, 0.1) is 0 Å². The summed E-state index contributed by atoms with van der Waals surface area (Å²) >= 11 is 0. The first-order valence-corrected chi connectivity index (χ1v) is 31.4. The average Bonchev–Trinajstić information content (AvgIpc) is 3.34. The molecule has 0 aromatic rings. The Morgan fingerprint density at radius 2 is 0.500 bits per heavy atom. The van der Waals surface area contributed by atoms with Crippen molar-refractivity contribution in [1.29, 1.82) is 0 Å². The maximum atomic E-state index is 12.6. The van der Waals surface area contributed by atoms with Gasteiger partial charge in [-0.2, -0.15) is 0 Å². The molecule has 0 spiro atoms. The van der Waals surface area contributed by atoms with Crippen molar-refractivity contribution < 1.29 is 25.2 Å². The summed E-state index contributed by atoms with van der Waals surface area (Å²) in [6.07, 6.45) is 67.7. The molecule has 0 heterocycles. The Morgan fingerprint density at radius 3 is 0.706 bits per heavy atom. The second-order valence-electron chi connectivity index (χ2n) is 22.1. The van der Waals surface area contributed by atoms with Crippen LogP contribution in [0.4, 0.5) is 0 Å². The molecule has 6 nitrogen and oxygen atoms in total. The predicted octanol–water partition coefficient (Wildman–Crippen LogP) is 18.7. The molecule has 0 aliphatic heterocycles. The molecule has 6 heteroatoms. The number of hydrogen-bond acceptors (Lipinski definition) is 5. The number of hydrogen-bond donors (Lipinski definition) is 5. The van der Waals surface area contributed by atoms with E-state index < -0.39 is 36.9 Å². The van der Waals surface area contributed by atoms with Gasteiger partial charge in [-0.05, 0) is 12.8 Å². The summed E-state index contributed by atoms with van der Waals surface area (Å²) in [4.78, 5) is 12.6. The number of nitrogens with one attached hydrogen (secondary N) is 1. The van der Waals surface area contributed by atoms with Crippen LogP contribution in [0.2, 0.25) is 0 Å². The number of carbonyl (C=O) groups is 1. The Labute approximate surface area is 426 Å². The van der Waals surface area contributed by atoms with Crippen LogP contribution < -0.4 is 5.32 Å². The molecular formula is C62H125NO5.